The number of benzene rings is 3. The fourth-order valence-corrected chi connectivity index (χ4v) is 4.49. The predicted molar refractivity (Wildman–Crippen MR) is 135 cm³/mol. The lowest BCUT2D eigenvalue weighted by Gasteiger charge is -2.45. The lowest BCUT2D eigenvalue weighted by atomic mass is 9.89. The molecule has 1 heterocycles. The number of nitrogens with zero attached hydrogens (tertiary/aromatic N) is 1. The van der Waals surface area contributed by atoms with E-state index in [4.69, 9.17) is 16.3 Å². The van der Waals surface area contributed by atoms with E-state index in [1.807, 2.05) is 70.2 Å². The molecule has 176 valence electrons. The van der Waals surface area contributed by atoms with Crippen molar-refractivity contribution in [1.82, 2.24) is 4.90 Å². The molecule has 2 amide bonds. The summed E-state index contributed by atoms with van der Waals surface area (Å²) >= 11 is 6.11. The molecule has 3 aromatic rings. The van der Waals surface area contributed by atoms with Crippen LogP contribution in [0.15, 0.2) is 66.7 Å². The molecular weight excluding hydrogens is 448 g/mol. The number of β-lactam (4-membered cyclic amide) rings is 1. The maximum Gasteiger partial charge on any atom is 0.251 e. The molecule has 1 N–H and O–H groups in total. The van der Waals surface area contributed by atoms with Crippen molar-refractivity contribution >= 4 is 29.1 Å². The van der Waals surface area contributed by atoms with Gasteiger partial charge in [0.1, 0.15) is 11.8 Å². The van der Waals surface area contributed by atoms with E-state index in [0.717, 1.165) is 28.1 Å². The first-order valence-electron chi connectivity index (χ1n) is 11.4. The van der Waals surface area contributed by atoms with Crippen LogP contribution in [0.4, 0.5) is 5.69 Å². The van der Waals surface area contributed by atoms with Gasteiger partial charge in [-0.25, -0.2) is 0 Å². The van der Waals surface area contributed by atoms with Gasteiger partial charge >= 0.3 is 0 Å². The second-order valence-corrected chi connectivity index (χ2v) is 9.40. The van der Waals surface area contributed by atoms with Crippen molar-refractivity contribution in [3.63, 3.8) is 0 Å². The van der Waals surface area contributed by atoms with Gasteiger partial charge in [-0.15, -0.1) is 0 Å². The number of likely N-dealkylation sites (tertiary alicyclic amines) is 1. The Hall–Kier alpha value is -3.31. The molecule has 3 aromatic carbocycles. The number of aryl methyl sites for hydroxylation is 2. The summed E-state index contributed by atoms with van der Waals surface area (Å²) < 4.78 is 5.75. The largest absolute Gasteiger partial charge is 0.491 e. The van der Waals surface area contributed by atoms with Gasteiger partial charge in [-0.05, 0) is 74.2 Å². The highest BCUT2D eigenvalue weighted by Gasteiger charge is 2.45. The molecule has 0 saturated carbocycles. The number of carbonyl (C=O) groups excluding carboxylic acids is 2. The first-order chi connectivity index (χ1) is 16.2. The van der Waals surface area contributed by atoms with Gasteiger partial charge in [-0.2, -0.15) is 0 Å². The second kappa shape index (κ2) is 9.90. The molecule has 0 unspecified atom stereocenters. The molecule has 2 atom stereocenters. The van der Waals surface area contributed by atoms with E-state index in [1.54, 1.807) is 29.2 Å². The molecule has 0 bridgehead atoms. The van der Waals surface area contributed by atoms with E-state index in [0.29, 0.717) is 17.0 Å². The lowest BCUT2D eigenvalue weighted by Crippen LogP contribution is -2.51. The van der Waals surface area contributed by atoms with Gasteiger partial charge in [-0.3, -0.25) is 9.59 Å². The maximum absolute atomic E-state index is 13.7. The Balaban J connectivity index is 1.67. The molecule has 1 aliphatic rings. The Bertz CT molecular complexity index is 1170. The number of hydrogen-bond donors (Lipinski definition) is 1. The molecule has 0 radical (unpaired) electrons. The Labute approximate surface area is 205 Å². The lowest BCUT2D eigenvalue weighted by molar-refractivity contribution is -0.154. The van der Waals surface area contributed by atoms with Gasteiger partial charge in [0.25, 0.3) is 5.91 Å². The van der Waals surface area contributed by atoms with Gasteiger partial charge in [0.15, 0.2) is 0 Å². The van der Waals surface area contributed by atoms with Crippen LogP contribution in [0.5, 0.6) is 5.75 Å². The normalized spacial score (nSPS) is 16.2. The monoisotopic (exact) mass is 476 g/mol. The van der Waals surface area contributed by atoms with Crippen LogP contribution in [0.2, 0.25) is 5.02 Å². The zero-order chi connectivity index (χ0) is 24.4. The molecule has 1 aliphatic heterocycles. The number of rotatable bonds is 7. The van der Waals surface area contributed by atoms with E-state index >= 15 is 0 Å². The average Bonchev–Trinajstić information content (AvgIpc) is 2.79. The minimum Gasteiger partial charge on any atom is -0.491 e. The zero-order valence-electron chi connectivity index (χ0n) is 19.8. The number of ether oxygens (including phenoxy) is 1. The van der Waals surface area contributed by atoms with E-state index in [2.05, 4.69) is 5.32 Å². The van der Waals surface area contributed by atoms with Crippen molar-refractivity contribution in [1.29, 1.82) is 0 Å². The molecule has 4 rings (SSSR count). The summed E-state index contributed by atoms with van der Waals surface area (Å²) in [7, 11) is 0. The summed E-state index contributed by atoms with van der Waals surface area (Å²) in [6, 6.07) is 19.7. The van der Waals surface area contributed by atoms with Crippen molar-refractivity contribution in [2.45, 2.75) is 52.3 Å². The van der Waals surface area contributed by atoms with Crippen LogP contribution in [-0.2, 0) is 9.59 Å². The molecular formula is C28H29ClN2O3. The van der Waals surface area contributed by atoms with Crippen molar-refractivity contribution in [2.24, 2.45) is 0 Å². The molecule has 1 saturated heterocycles. The summed E-state index contributed by atoms with van der Waals surface area (Å²) in [5, 5.41) is 3.65. The van der Waals surface area contributed by atoms with Gasteiger partial charge in [0.05, 0.1) is 18.6 Å². The van der Waals surface area contributed by atoms with Gasteiger partial charge in [-0.1, -0.05) is 54.1 Å². The van der Waals surface area contributed by atoms with Crippen molar-refractivity contribution in [3.05, 3.63) is 94.0 Å². The predicted octanol–water partition coefficient (Wildman–Crippen LogP) is 6.40. The fraction of sp³-hybridized carbons (Fsp3) is 0.286. The van der Waals surface area contributed by atoms with E-state index < -0.39 is 6.04 Å². The number of para-hydroxylation sites is 1. The highest BCUT2D eigenvalue weighted by Crippen LogP contribution is 2.42. The number of amides is 2. The number of nitrogens with one attached hydrogen (secondary N) is 1. The topological polar surface area (TPSA) is 58.6 Å². The van der Waals surface area contributed by atoms with Gasteiger partial charge in [0.2, 0.25) is 5.91 Å². The number of halogens is 1. The summed E-state index contributed by atoms with van der Waals surface area (Å²) in [6.07, 6.45) is 0.432. The van der Waals surface area contributed by atoms with E-state index in [1.165, 1.54) is 0 Å². The summed E-state index contributed by atoms with van der Waals surface area (Å²) in [5.41, 5.74) is 4.39. The third-order valence-corrected chi connectivity index (χ3v) is 6.32. The first kappa shape index (κ1) is 23.8. The Kier molecular flexibility index (Phi) is 6.94. The Morgan fingerprint density at radius 2 is 1.62 bits per heavy atom. The standard InChI is InChI=1S/C28H29ClN2O3/c1-17(2)34-23-14-10-20(11-15-23)24-16-25(32)31(24)27(21-8-12-22(29)13-9-21)28(33)30-26-18(3)6-5-7-19(26)4/h5-15,17,24,27H,16H2,1-4H3,(H,30,33)/t24-,27+/m0/s1. The van der Waals surface area contributed by atoms with E-state index in [-0.39, 0.29) is 24.0 Å². The van der Waals surface area contributed by atoms with Crippen LogP contribution in [0.1, 0.15) is 54.6 Å². The number of carbonyl (C=O) groups is 2. The molecule has 5 nitrogen and oxygen atoms in total. The fourth-order valence-electron chi connectivity index (χ4n) is 4.36. The van der Waals surface area contributed by atoms with E-state index in [9.17, 15) is 9.59 Å². The molecule has 0 spiro atoms. The molecule has 34 heavy (non-hydrogen) atoms. The molecule has 1 fully saturated rings. The van der Waals surface area contributed by atoms with Crippen LogP contribution in [0.25, 0.3) is 0 Å². The summed E-state index contributed by atoms with van der Waals surface area (Å²) in [5.74, 6) is 0.458. The van der Waals surface area contributed by atoms with Crippen molar-refractivity contribution in [3.8, 4) is 5.75 Å². The Morgan fingerprint density at radius 3 is 2.18 bits per heavy atom. The summed E-state index contributed by atoms with van der Waals surface area (Å²) in [6.45, 7) is 7.87. The van der Waals surface area contributed by atoms with Crippen LogP contribution in [0, 0.1) is 13.8 Å². The minimum atomic E-state index is -0.783. The smallest absolute Gasteiger partial charge is 0.251 e. The third-order valence-electron chi connectivity index (χ3n) is 6.07. The van der Waals surface area contributed by atoms with Crippen molar-refractivity contribution in [2.75, 3.05) is 5.32 Å². The van der Waals surface area contributed by atoms with Gasteiger partial charge < -0.3 is 15.0 Å². The van der Waals surface area contributed by atoms with Gasteiger partial charge in [0, 0.05) is 10.7 Å². The maximum atomic E-state index is 13.7. The number of hydrogen-bond acceptors (Lipinski definition) is 3. The number of anilines is 1. The van der Waals surface area contributed by atoms with Crippen LogP contribution >= 0.6 is 11.6 Å². The quantitative estimate of drug-likeness (QED) is 0.401. The average molecular weight is 477 g/mol. The zero-order valence-corrected chi connectivity index (χ0v) is 20.6. The van der Waals surface area contributed by atoms with Crippen LogP contribution in [0.3, 0.4) is 0 Å². The molecule has 0 aliphatic carbocycles. The van der Waals surface area contributed by atoms with Crippen molar-refractivity contribution < 1.29 is 14.3 Å². The molecule has 0 aromatic heterocycles. The van der Waals surface area contributed by atoms with Crippen LogP contribution in [-0.4, -0.2) is 22.8 Å². The third kappa shape index (κ3) is 4.95. The SMILES string of the molecule is Cc1cccc(C)c1NC(=O)[C@@H](c1ccc(Cl)cc1)N1C(=O)C[C@H]1c1ccc(OC(C)C)cc1. The van der Waals surface area contributed by atoms with Crippen LogP contribution < -0.4 is 10.1 Å². The minimum absolute atomic E-state index is 0.0656. The highest BCUT2D eigenvalue weighted by molar-refractivity contribution is 6.30. The summed E-state index contributed by atoms with van der Waals surface area (Å²) in [4.78, 5) is 28.2. The molecule has 6 heteroatoms. The second-order valence-electron chi connectivity index (χ2n) is 8.97. The highest BCUT2D eigenvalue weighted by atomic mass is 35.5. The Morgan fingerprint density at radius 1 is 1.00 bits per heavy atom. The first-order valence-corrected chi connectivity index (χ1v) is 11.8.